The van der Waals surface area contributed by atoms with Crippen LogP contribution in [0.4, 0.5) is 0 Å². The number of hydrogen-bond acceptors (Lipinski definition) is 1. The molecule has 18 heavy (non-hydrogen) atoms. The fraction of sp³-hybridized carbons (Fsp3) is 0.0625. The van der Waals surface area contributed by atoms with Crippen molar-refractivity contribution in [2.75, 3.05) is 0 Å². The molecule has 90 valence electrons. The molecule has 1 N–H and O–H groups in total. The third-order valence-electron chi connectivity index (χ3n) is 2.68. The van der Waals surface area contributed by atoms with E-state index in [-0.39, 0.29) is 0 Å². The van der Waals surface area contributed by atoms with Crippen molar-refractivity contribution in [1.82, 2.24) is 0 Å². The number of benzene rings is 2. The Morgan fingerprint density at radius 1 is 1.06 bits per heavy atom. The molecule has 0 saturated carbocycles. The van der Waals surface area contributed by atoms with Crippen LogP contribution in [0.25, 0.3) is 17.2 Å². The number of aliphatic carboxylic acids is 1. The topological polar surface area (TPSA) is 37.3 Å². The molecule has 2 aromatic rings. The van der Waals surface area contributed by atoms with Gasteiger partial charge in [0.05, 0.1) is 0 Å². The summed E-state index contributed by atoms with van der Waals surface area (Å²) in [6.07, 6.45) is 2.73. The highest BCUT2D eigenvalue weighted by Gasteiger charge is 1.97. The number of carbonyl (C=O) groups is 1. The van der Waals surface area contributed by atoms with Crippen molar-refractivity contribution in [2.45, 2.75) is 6.92 Å². The van der Waals surface area contributed by atoms with Crippen molar-refractivity contribution in [1.29, 1.82) is 0 Å². The summed E-state index contributed by atoms with van der Waals surface area (Å²) in [5.74, 6) is -0.933. The van der Waals surface area contributed by atoms with Gasteiger partial charge in [-0.2, -0.15) is 0 Å². The number of rotatable bonds is 3. The zero-order valence-corrected chi connectivity index (χ0v) is 10.1. The molecule has 2 aromatic carbocycles. The Balaban J connectivity index is 2.25. The maximum absolute atomic E-state index is 10.4. The zero-order valence-electron chi connectivity index (χ0n) is 10.1. The summed E-state index contributed by atoms with van der Waals surface area (Å²) in [5, 5.41) is 8.55. The first-order valence-corrected chi connectivity index (χ1v) is 5.73. The summed E-state index contributed by atoms with van der Waals surface area (Å²) >= 11 is 0. The number of carboxylic acid groups (broad SMARTS) is 1. The molecule has 0 heterocycles. The molecule has 2 heteroatoms. The molecular weight excluding hydrogens is 224 g/mol. The van der Waals surface area contributed by atoms with E-state index in [0.717, 1.165) is 17.2 Å². The standard InChI is InChI=1S/C16H14O2/c1-12-3-2-4-15(11-12)14-8-5-13(6-9-14)7-10-16(17)18/h2-11H,1H3,(H,17,18). The Morgan fingerprint density at radius 2 is 1.78 bits per heavy atom. The largest absolute Gasteiger partial charge is 0.478 e. The fourth-order valence-electron chi connectivity index (χ4n) is 1.78. The summed E-state index contributed by atoms with van der Waals surface area (Å²) in [5.41, 5.74) is 4.41. The zero-order chi connectivity index (χ0) is 13.0. The van der Waals surface area contributed by atoms with Crippen molar-refractivity contribution < 1.29 is 9.90 Å². The maximum atomic E-state index is 10.4. The van der Waals surface area contributed by atoms with Crippen molar-refractivity contribution >= 4 is 12.0 Å². The van der Waals surface area contributed by atoms with Gasteiger partial charge in [0, 0.05) is 6.08 Å². The molecule has 0 amide bonds. The van der Waals surface area contributed by atoms with Gasteiger partial charge < -0.3 is 5.11 Å². The molecule has 0 bridgehead atoms. The van der Waals surface area contributed by atoms with Crippen LogP contribution in [0, 0.1) is 6.92 Å². The van der Waals surface area contributed by atoms with E-state index in [1.54, 1.807) is 6.08 Å². The van der Waals surface area contributed by atoms with Gasteiger partial charge in [-0.25, -0.2) is 4.79 Å². The van der Waals surface area contributed by atoms with Crippen LogP contribution >= 0.6 is 0 Å². The maximum Gasteiger partial charge on any atom is 0.328 e. The summed E-state index contributed by atoms with van der Waals surface area (Å²) in [6, 6.07) is 16.1. The predicted octanol–water partition coefficient (Wildman–Crippen LogP) is 3.76. The highest BCUT2D eigenvalue weighted by molar-refractivity contribution is 5.85. The molecule has 0 atom stereocenters. The second-order valence-electron chi connectivity index (χ2n) is 4.16. The lowest BCUT2D eigenvalue weighted by atomic mass is 10.0. The Kier molecular flexibility index (Phi) is 3.58. The highest BCUT2D eigenvalue weighted by Crippen LogP contribution is 2.21. The lowest BCUT2D eigenvalue weighted by Gasteiger charge is -2.03. The number of aryl methyl sites for hydroxylation is 1. The summed E-state index contributed by atoms with van der Waals surface area (Å²) in [7, 11) is 0. The Hall–Kier alpha value is -2.35. The molecule has 0 spiro atoms. The molecule has 0 aliphatic heterocycles. The SMILES string of the molecule is Cc1cccc(-c2ccc(C=CC(=O)O)cc2)c1. The van der Waals surface area contributed by atoms with E-state index in [4.69, 9.17) is 5.11 Å². The van der Waals surface area contributed by atoms with Gasteiger partial charge in [0.1, 0.15) is 0 Å². The first kappa shape index (κ1) is 12.1. The first-order valence-electron chi connectivity index (χ1n) is 5.73. The van der Waals surface area contributed by atoms with Gasteiger partial charge >= 0.3 is 5.97 Å². The van der Waals surface area contributed by atoms with E-state index in [9.17, 15) is 4.79 Å². The molecule has 0 aliphatic carbocycles. The molecular formula is C16H14O2. The van der Waals surface area contributed by atoms with Crippen LogP contribution in [-0.4, -0.2) is 11.1 Å². The minimum atomic E-state index is -0.933. The van der Waals surface area contributed by atoms with E-state index in [1.807, 2.05) is 30.3 Å². The number of hydrogen-bond donors (Lipinski definition) is 1. The Morgan fingerprint density at radius 3 is 2.39 bits per heavy atom. The fourth-order valence-corrected chi connectivity index (χ4v) is 1.78. The molecule has 0 saturated heterocycles. The average molecular weight is 238 g/mol. The van der Waals surface area contributed by atoms with Crippen LogP contribution in [0.1, 0.15) is 11.1 Å². The smallest absolute Gasteiger partial charge is 0.328 e. The van der Waals surface area contributed by atoms with Crippen LogP contribution in [0.3, 0.4) is 0 Å². The van der Waals surface area contributed by atoms with E-state index in [0.29, 0.717) is 0 Å². The van der Waals surface area contributed by atoms with Gasteiger partial charge in [-0.05, 0) is 29.7 Å². The second-order valence-corrected chi connectivity index (χ2v) is 4.16. The van der Waals surface area contributed by atoms with Crippen molar-refractivity contribution in [3.63, 3.8) is 0 Å². The van der Waals surface area contributed by atoms with Crippen LogP contribution in [0.15, 0.2) is 54.6 Å². The monoisotopic (exact) mass is 238 g/mol. The summed E-state index contributed by atoms with van der Waals surface area (Å²) in [4.78, 5) is 10.4. The minimum Gasteiger partial charge on any atom is -0.478 e. The van der Waals surface area contributed by atoms with Crippen molar-refractivity contribution in [3.8, 4) is 11.1 Å². The highest BCUT2D eigenvalue weighted by atomic mass is 16.4. The Bertz CT molecular complexity index is 580. The summed E-state index contributed by atoms with van der Waals surface area (Å²) in [6.45, 7) is 2.06. The third-order valence-corrected chi connectivity index (χ3v) is 2.68. The van der Waals surface area contributed by atoms with Gasteiger partial charge in [-0.3, -0.25) is 0 Å². The van der Waals surface area contributed by atoms with Crippen LogP contribution in [0.5, 0.6) is 0 Å². The van der Waals surface area contributed by atoms with Crippen LogP contribution in [0.2, 0.25) is 0 Å². The van der Waals surface area contributed by atoms with E-state index in [1.165, 1.54) is 11.1 Å². The average Bonchev–Trinajstić information content (AvgIpc) is 2.37. The number of carboxylic acids is 1. The molecule has 2 rings (SSSR count). The van der Waals surface area contributed by atoms with Gasteiger partial charge in [0.25, 0.3) is 0 Å². The Labute approximate surface area is 106 Å². The third kappa shape index (κ3) is 3.08. The van der Waals surface area contributed by atoms with Gasteiger partial charge in [0.2, 0.25) is 0 Å². The molecule has 2 nitrogen and oxygen atoms in total. The van der Waals surface area contributed by atoms with Gasteiger partial charge in [0.15, 0.2) is 0 Å². The van der Waals surface area contributed by atoms with Crippen LogP contribution < -0.4 is 0 Å². The molecule has 0 aromatic heterocycles. The summed E-state index contributed by atoms with van der Waals surface area (Å²) < 4.78 is 0. The minimum absolute atomic E-state index is 0.883. The molecule has 0 radical (unpaired) electrons. The lowest BCUT2D eigenvalue weighted by molar-refractivity contribution is -0.131. The van der Waals surface area contributed by atoms with E-state index in [2.05, 4.69) is 25.1 Å². The second kappa shape index (κ2) is 5.32. The van der Waals surface area contributed by atoms with Crippen LogP contribution in [-0.2, 0) is 4.79 Å². The lowest BCUT2D eigenvalue weighted by Crippen LogP contribution is -1.85. The van der Waals surface area contributed by atoms with Crippen molar-refractivity contribution in [3.05, 3.63) is 65.7 Å². The van der Waals surface area contributed by atoms with E-state index >= 15 is 0 Å². The molecule has 0 unspecified atom stereocenters. The normalized spacial score (nSPS) is 10.7. The van der Waals surface area contributed by atoms with Crippen molar-refractivity contribution in [2.24, 2.45) is 0 Å². The quantitative estimate of drug-likeness (QED) is 0.827. The van der Waals surface area contributed by atoms with Gasteiger partial charge in [-0.1, -0.05) is 54.1 Å². The van der Waals surface area contributed by atoms with Gasteiger partial charge in [-0.15, -0.1) is 0 Å². The first-order chi connectivity index (χ1) is 8.65. The van der Waals surface area contributed by atoms with E-state index < -0.39 is 5.97 Å². The molecule has 0 aliphatic rings. The predicted molar refractivity (Wildman–Crippen MR) is 73.3 cm³/mol. The molecule has 0 fully saturated rings.